The number of nitrogens with zero attached hydrogens (tertiary/aromatic N) is 3. The van der Waals surface area contributed by atoms with Gasteiger partial charge in [-0.15, -0.1) is 0 Å². The third-order valence-corrected chi connectivity index (χ3v) is 3.54. The van der Waals surface area contributed by atoms with Crippen molar-refractivity contribution >= 4 is 17.5 Å². The Morgan fingerprint density at radius 3 is 2.28 bits per heavy atom. The zero-order chi connectivity index (χ0) is 18.8. The molecule has 0 fully saturated rings. The number of amides is 1. The lowest BCUT2D eigenvalue weighted by Crippen LogP contribution is -2.19. The topological polar surface area (TPSA) is 58.1 Å². The number of nitrogens with one attached hydrogen (secondary N) is 1. The van der Waals surface area contributed by atoms with Crippen LogP contribution in [-0.4, -0.2) is 30.0 Å². The Balaban J connectivity index is 2.16. The summed E-state index contributed by atoms with van der Waals surface area (Å²) in [5.74, 6) is 0.0950. The first kappa shape index (κ1) is 18.7. The summed E-state index contributed by atoms with van der Waals surface area (Å²) >= 11 is 0. The summed E-state index contributed by atoms with van der Waals surface area (Å²) in [4.78, 5) is 22.5. The van der Waals surface area contributed by atoms with Crippen LogP contribution >= 0.6 is 0 Å². The van der Waals surface area contributed by atoms with Gasteiger partial charge in [0, 0.05) is 14.1 Å². The number of hydrogen-bond acceptors (Lipinski definition) is 4. The molecule has 1 amide bonds. The fourth-order valence-corrected chi connectivity index (χ4v) is 2.31. The van der Waals surface area contributed by atoms with Crippen LogP contribution in [0.15, 0.2) is 24.3 Å². The SMILES string of the molecule is Cc1nc(N(C)C)nc(C)c1NC(=O)Cc1cccc(C(F)(F)F)c1. The fraction of sp³-hybridized carbons (Fsp3) is 0.353. The molecular formula is C17H19F3N4O. The molecule has 2 rings (SSSR count). The standard InChI is InChI=1S/C17H19F3N4O/c1-10-15(11(2)22-16(21-10)24(3)4)23-14(25)9-12-6-5-7-13(8-12)17(18,19)20/h5-8H,9H2,1-4H3,(H,23,25). The minimum Gasteiger partial charge on any atom is -0.347 e. The maximum atomic E-state index is 12.7. The molecule has 0 saturated heterocycles. The summed E-state index contributed by atoms with van der Waals surface area (Å²) in [6.45, 7) is 3.48. The third-order valence-electron chi connectivity index (χ3n) is 3.54. The number of alkyl halides is 3. The van der Waals surface area contributed by atoms with E-state index >= 15 is 0 Å². The van der Waals surface area contributed by atoms with Crippen LogP contribution in [0.5, 0.6) is 0 Å². The molecule has 0 radical (unpaired) electrons. The van der Waals surface area contributed by atoms with Gasteiger partial charge in [0.25, 0.3) is 0 Å². The van der Waals surface area contributed by atoms with Crippen LogP contribution in [0, 0.1) is 13.8 Å². The Bertz CT molecular complexity index is 765. The molecule has 1 aromatic heterocycles. The second-order valence-corrected chi connectivity index (χ2v) is 5.89. The predicted octanol–water partition coefficient (Wildman–Crippen LogP) is 3.36. The van der Waals surface area contributed by atoms with Gasteiger partial charge < -0.3 is 10.2 Å². The van der Waals surface area contributed by atoms with E-state index in [2.05, 4.69) is 15.3 Å². The predicted molar refractivity (Wildman–Crippen MR) is 89.6 cm³/mol. The first-order valence-corrected chi connectivity index (χ1v) is 7.56. The molecule has 5 nitrogen and oxygen atoms in total. The van der Waals surface area contributed by atoms with E-state index in [1.165, 1.54) is 12.1 Å². The zero-order valence-corrected chi connectivity index (χ0v) is 14.4. The summed E-state index contributed by atoms with van der Waals surface area (Å²) in [6.07, 6.45) is -4.60. The minimum atomic E-state index is -4.44. The lowest BCUT2D eigenvalue weighted by molar-refractivity contribution is -0.137. The first-order chi connectivity index (χ1) is 11.6. The Kier molecular flexibility index (Phi) is 5.30. The van der Waals surface area contributed by atoms with Crippen molar-refractivity contribution in [1.29, 1.82) is 0 Å². The van der Waals surface area contributed by atoms with Gasteiger partial charge in [0.2, 0.25) is 11.9 Å². The van der Waals surface area contributed by atoms with E-state index in [9.17, 15) is 18.0 Å². The van der Waals surface area contributed by atoms with Crippen molar-refractivity contribution in [2.45, 2.75) is 26.4 Å². The third kappa shape index (κ3) is 4.68. The average Bonchev–Trinajstić information content (AvgIpc) is 2.50. The van der Waals surface area contributed by atoms with Crippen molar-refractivity contribution in [3.05, 3.63) is 46.8 Å². The largest absolute Gasteiger partial charge is 0.416 e. The average molecular weight is 352 g/mol. The van der Waals surface area contributed by atoms with Crippen LogP contribution in [-0.2, 0) is 17.4 Å². The van der Waals surface area contributed by atoms with Crippen LogP contribution in [0.4, 0.5) is 24.8 Å². The number of anilines is 2. The highest BCUT2D eigenvalue weighted by Crippen LogP contribution is 2.29. The van der Waals surface area contributed by atoms with Crippen LogP contribution in [0.25, 0.3) is 0 Å². The molecule has 0 atom stereocenters. The van der Waals surface area contributed by atoms with Gasteiger partial charge in [-0.3, -0.25) is 4.79 Å². The molecule has 0 aliphatic rings. The zero-order valence-electron chi connectivity index (χ0n) is 14.4. The number of benzene rings is 1. The molecule has 0 aliphatic carbocycles. The molecule has 0 bridgehead atoms. The summed E-state index contributed by atoms with van der Waals surface area (Å²) in [5, 5.41) is 2.69. The molecular weight excluding hydrogens is 333 g/mol. The molecule has 8 heteroatoms. The first-order valence-electron chi connectivity index (χ1n) is 7.56. The fourth-order valence-electron chi connectivity index (χ4n) is 2.31. The molecule has 0 unspecified atom stereocenters. The number of aryl methyl sites for hydroxylation is 2. The van der Waals surface area contributed by atoms with Crippen molar-refractivity contribution in [2.24, 2.45) is 0 Å². The second-order valence-electron chi connectivity index (χ2n) is 5.89. The van der Waals surface area contributed by atoms with Crippen molar-refractivity contribution in [3.8, 4) is 0 Å². The quantitative estimate of drug-likeness (QED) is 0.917. The van der Waals surface area contributed by atoms with Gasteiger partial charge in [-0.05, 0) is 25.5 Å². The van der Waals surface area contributed by atoms with Gasteiger partial charge >= 0.3 is 6.18 Å². The molecule has 1 aromatic carbocycles. The highest BCUT2D eigenvalue weighted by atomic mass is 19.4. The number of carbonyl (C=O) groups is 1. The van der Waals surface area contributed by atoms with E-state index in [4.69, 9.17) is 0 Å². The minimum absolute atomic E-state index is 0.168. The van der Waals surface area contributed by atoms with Crippen LogP contribution in [0.1, 0.15) is 22.5 Å². The molecule has 2 aromatic rings. The molecule has 0 saturated carbocycles. The maximum Gasteiger partial charge on any atom is 0.416 e. The van der Waals surface area contributed by atoms with E-state index in [0.717, 1.165) is 12.1 Å². The van der Waals surface area contributed by atoms with Crippen LogP contribution < -0.4 is 10.2 Å². The van der Waals surface area contributed by atoms with Crippen molar-refractivity contribution in [1.82, 2.24) is 9.97 Å². The summed E-state index contributed by atoms with van der Waals surface area (Å²) < 4.78 is 38.2. The van der Waals surface area contributed by atoms with Crippen molar-refractivity contribution in [2.75, 3.05) is 24.3 Å². The van der Waals surface area contributed by atoms with Gasteiger partial charge in [-0.1, -0.05) is 18.2 Å². The summed E-state index contributed by atoms with van der Waals surface area (Å²) in [6, 6.07) is 4.73. The van der Waals surface area contributed by atoms with Gasteiger partial charge in [0.1, 0.15) is 0 Å². The van der Waals surface area contributed by atoms with Gasteiger partial charge in [0.15, 0.2) is 0 Å². The lowest BCUT2D eigenvalue weighted by Gasteiger charge is -2.16. The van der Waals surface area contributed by atoms with E-state index in [1.807, 2.05) is 0 Å². The number of halogens is 3. The van der Waals surface area contributed by atoms with E-state index in [0.29, 0.717) is 23.0 Å². The smallest absolute Gasteiger partial charge is 0.347 e. The van der Waals surface area contributed by atoms with E-state index < -0.39 is 17.6 Å². The van der Waals surface area contributed by atoms with Crippen molar-refractivity contribution in [3.63, 3.8) is 0 Å². The van der Waals surface area contributed by atoms with E-state index in [-0.39, 0.29) is 12.0 Å². The summed E-state index contributed by atoms with van der Waals surface area (Å²) in [7, 11) is 3.61. The van der Waals surface area contributed by atoms with Crippen LogP contribution in [0.2, 0.25) is 0 Å². The Labute approximate surface area is 143 Å². The Hall–Kier alpha value is -2.64. The van der Waals surface area contributed by atoms with E-state index in [1.54, 1.807) is 32.8 Å². The van der Waals surface area contributed by atoms with Gasteiger partial charge in [0.05, 0.1) is 29.1 Å². The van der Waals surface area contributed by atoms with Gasteiger partial charge in [-0.2, -0.15) is 13.2 Å². The highest BCUT2D eigenvalue weighted by molar-refractivity contribution is 5.93. The maximum absolute atomic E-state index is 12.7. The highest BCUT2D eigenvalue weighted by Gasteiger charge is 2.30. The van der Waals surface area contributed by atoms with Gasteiger partial charge in [-0.25, -0.2) is 9.97 Å². The normalized spacial score (nSPS) is 11.3. The lowest BCUT2D eigenvalue weighted by atomic mass is 10.1. The van der Waals surface area contributed by atoms with Crippen molar-refractivity contribution < 1.29 is 18.0 Å². The Morgan fingerprint density at radius 1 is 1.16 bits per heavy atom. The molecule has 0 spiro atoms. The Morgan fingerprint density at radius 2 is 1.76 bits per heavy atom. The summed E-state index contributed by atoms with van der Waals surface area (Å²) in [5.41, 5.74) is 1.17. The second kappa shape index (κ2) is 7.08. The van der Waals surface area contributed by atoms with Crippen LogP contribution in [0.3, 0.4) is 0 Å². The molecule has 1 N–H and O–H groups in total. The monoisotopic (exact) mass is 352 g/mol. The number of aromatic nitrogens is 2. The molecule has 25 heavy (non-hydrogen) atoms. The number of carbonyl (C=O) groups excluding carboxylic acids is 1. The number of hydrogen-bond donors (Lipinski definition) is 1. The molecule has 134 valence electrons. The molecule has 0 aliphatic heterocycles. The molecule has 1 heterocycles. The number of rotatable bonds is 4.